The van der Waals surface area contributed by atoms with Gasteiger partial charge in [-0.15, -0.1) is 0 Å². The Bertz CT molecular complexity index is 429. The van der Waals surface area contributed by atoms with Crippen molar-refractivity contribution in [1.29, 1.82) is 0 Å². The molecule has 120 valence electrons. The molecular formula is C15H23F3N2O. The van der Waals surface area contributed by atoms with E-state index in [0.29, 0.717) is 0 Å². The van der Waals surface area contributed by atoms with E-state index in [1.54, 1.807) is 6.07 Å². The van der Waals surface area contributed by atoms with Crippen molar-refractivity contribution >= 4 is 5.69 Å². The van der Waals surface area contributed by atoms with Crippen LogP contribution in [0, 0.1) is 5.82 Å². The van der Waals surface area contributed by atoms with Gasteiger partial charge in [0, 0.05) is 12.6 Å². The van der Waals surface area contributed by atoms with E-state index in [2.05, 4.69) is 5.32 Å². The van der Waals surface area contributed by atoms with Crippen LogP contribution in [0.1, 0.15) is 31.9 Å². The summed E-state index contributed by atoms with van der Waals surface area (Å²) < 4.78 is 39.2. The molecule has 0 aliphatic rings. The molecule has 0 aliphatic carbocycles. The molecule has 1 rings (SSSR count). The van der Waals surface area contributed by atoms with Gasteiger partial charge in [0.2, 0.25) is 0 Å². The first-order valence-electron chi connectivity index (χ1n) is 7.16. The first-order valence-corrected chi connectivity index (χ1v) is 7.16. The molecule has 0 saturated heterocycles. The minimum Gasteiger partial charge on any atom is -0.395 e. The Hall–Kier alpha value is -1.27. The molecule has 1 atom stereocenters. The van der Waals surface area contributed by atoms with Crippen LogP contribution in [0.2, 0.25) is 0 Å². The molecule has 0 aliphatic heterocycles. The Morgan fingerprint density at radius 2 is 2.05 bits per heavy atom. The molecule has 2 N–H and O–H groups in total. The molecular weight excluding hydrogens is 281 g/mol. The van der Waals surface area contributed by atoms with E-state index >= 15 is 0 Å². The third-order valence-corrected chi connectivity index (χ3v) is 3.24. The highest BCUT2D eigenvalue weighted by atomic mass is 19.3. The lowest BCUT2D eigenvalue weighted by molar-refractivity contribution is 0.152. The zero-order chi connectivity index (χ0) is 15.8. The summed E-state index contributed by atoms with van der Waals surface area (Å²) in [5.41, 5.74) is 0.862. The maximum atomic E-state index is 14.2. The third-order valence-electron chi connectivity index (χ3n) is 3.24. The Kier molecular flexibility index (Phi) is 7.53. The number of nitrogens with zero attached hydrogens (tertiary/aromatic N) is 1. The van der Waals surface area contributed by atoms with Crippen molar-refractivity contribution in [2.24, 2.45) is 0 Å². The summed E-state index contributed by atoms with van der Waals surface area (Å²) in [6.07, 6.45) is -1.61. The topological polar surface area (TPSA) is 35.5 Å². The minimum absolute atomic E-state index is 0.00473. The van der Waals surface area contributed by atoms with E-state index in [1.165, 1.54) is 12.1 Å². The van der Waals surface area contributed by atoms with Crippen LogP contribution in [-0.2, 0) is 0 Å². The minimum atomic E-state index is -2.58. The van der Waals surface area contributed by atoms with Gasteiger partial charge < -0.3 is 15.3 Å². The Labute approximate surface area is 123 Å². The molecule has 0 aromatic heterocycles. The van der Waals surface area contributed by atoms with Gasteiger partial charge in [0.05, 0.1) is 18.8 Å². The normalized spacial score (nSPS) is 12.7. The van der Waals surface area contributed by atoms with Crippen molar-refractivity contribution < 1.29 is 18.3 Å². The smallest absolute Gasteiger partial charge is 0.255 e. The number of hydrogen-bond acceptors (Lipinski definition) is 3. The highest BCUT2D eigenvalue weighted by molar-refractivity contribution is 5.49. The maximum absolute atomic E-state index is 14.2. The largest absolute Gasteiger partial charge is 0.395 e. The maximum Gasteiger partial charge on any atom is 0.255 e. The summed E-state index contributed by atoms with van der Waals surface area (Å²) in [7, 11) is 0. The van der Waals surface area contributed by atoms with Gasteiger partial charge in [0.1, 0.15) is 5.82 Å². The fourth-order valence-electron chi connectivity index (χ4n) is 2.13. The number of nitrogens with one attached hydrogen (secondary N) is 1. The number of aliphatic hydroxyl groups excluding tert-OH is 1. The Morgan fingerprint density at radius 3 is 2.57 bits per heavy atom. The number of benzene rings is 1. The molecule has 3 nitrogen and oxygen atoms in total. The number of aliphatic hydroxyl groups is 1. The van der Waals surface area contributed by atoms with Crippen molar-refractivity contribution in [1.82, 2.24) is 5.32 Å². The lowest BCUT2D eigenvalue weighted by atomic mass is 10.1. The summed E-state index contributed by atoms with van der Waals surface area (Å²) in [6, 6.07) is 4.57. The van der Waals surface area contributed by atoms with E-state index in [9.17, 15) is 13.2 Å². The Morgan fingerprint density at radius 1 is 1.33 bits per heavy atom. The lowest BCUT2D eigenvalue weighted by Gasteiger charge is -2.25. The monoisotopic (exact) mass is 304 g/mol. The van der Waals surface area contributed by atoms with E-state index in [0.717, 1.165) is 23.4 Å². The second-order valence-corrected chi connectivity index (χ2v) is 4.95. The second-order valence-electron chi connectivity index (χ2n) is 4.95. The van der Waals surface area contributed by atoms with Crippen molar-refractivity contribution in [2.75, 3.05) is 31.1 Å². The summed E-state index contributed by atoms with van der Waals surface area (Å²) in [6.45, 7) is 3.87. The van der Waals surface area contributed by atoms with Crippen LogP contribution < -0.4 is 10.2 Å². The number of hydrogen-bond donors (Lipinski definition) is 2. The van der Waals surface area contributed by atoms with Gasteiger partial charge in [0.25, 0.3) is 6.43 Å². The molecule has 0 heterocycles. The summed E-state index contributed by atoms with van der Waals surface area (Å²) in [4.78, 5) is 1.16. The van der Waals surface area contributed by atoms with Gasteiger partial charge in [-0.1, -0.05) is 13.0 Å². The zero-order valence-corrected chi connectivity index (χ0v) is 12.5. The van der Waals surface area contributed by atoms with Crippen molar-refractivity contribution in [3.05, 3.63) is 29.6 Å². The van der Waals surface area contributed by atoms with Crippen LogP contribution in [0.15, 0.2) is 18.2 Å². The quantitative estimate of drug-likeness (QED) is 0.736. The molecule has 0 saturated carbocycles. The van der Waals surface area contributed by atoms with Crippen molar-refractivity contribution in [2.45, 2.75) is 32.7 Å². The standard InChI is InChI=1S/C15H23F3N2O/c1-3-6-19-11(2)12-4-5-14(13(16)9-12)20(7-8-21)10-15(17)18/h4-5,9,11,15,19,21H,3,6-8,10H2,1-2H3. The van der Waals surface area contributed by atoms with Gasteiger partial charge in [-0.3, -0.25) is 0 Å². The van der Waals surface area contributed by atoms with Crippen LogP contribution in [0.4, 0.5) is 18.9 Å². The second kappa shape index (κ2) is 8.89. The number of anilines is 1. The van der Waals surface area contributed by atoms with E-state index in [-0.39, 0.29) is 24.9 Å². The first-order chi connectivity index (χ1) is 9.99. The van der Waals surface area contributed by atoms with Crippen LogP contribution >= 0.6 is 0 Å². The van der Waals surface area contributed by atoms with Gasteiger partial charge in [0.15, 0.2) is 0 Å². The molecule has 0 amide bonds. The molecule has 1 aromatic rings. The SMILES string of the molecule is CCCNC(C)c1ccc(N(CCO)CC(F)F)c(F)c1. The molecule has 6 heteroatoms. The molecule has 0 radical (unpaired) electrons. The number of rotatable bonds is 9. The third kappa shape index (κ3) is 5.55. The van der Waals surface area contributed by atoms with Gasteiger partial charge >= 0.3 is 0 Å². The van der Waals surface area contributed by atoms with E-state index in [4.69, 9.17) is 5.11 Å². The van der Waals surface area contributed by atoms with Crippen molar-refractivity contribution in [3.63, 3.8) is 0 Å². The van der Waals surface area contributed by atoms with Crippen molar-refractivity contribution in [3.8, 4) is 0 Å². The van der Waals surface area contributed by atoms with Gasteiger partial charge in [-0.2, -0.15) is 0 Å². The van der Waals surface area contributed by atoms with Crippen LogP contribution in [0.3, 0.4) is 0 Å². The fraction of sp³-hybridized carbons (Fsp3) is 0.600. The highest BCUT2D eigenvalue weighted by Gasteiger charge is 2.17. The predicted molar refractivity (Wildman–Crippen MR) is 78.4 cm³/mol. The number of alkyl halides is 2. The number of halogens is 3. The molecule has 0 bridgehead atoms. The van der Waals surface area contributed by atoms with E-state index in [1.807, 2.05) is 13.8 Å². The average Bonchev–Trinajstić information content (AvgIpc) is 2.43. The average molecular weight is 304 g/mol. The predicted octanol–water partition coefficient (Wildman–Crippen LogP) is 2.95. The highest BCUT2D eigenvalue weighted by Crippen LogP contribution is 2.24. The summed E-state index contributed by atoms with van der Waals surface area (Å²) in [5, 5.41) is 12.2. The zero-order valence-electron chi connectivity index (χ0n) is 12.5. The molecule has 1 unspecified atom stereocenters. The molecule has 21 heavy (non-hydrogen) atoms. The van der Waals surface area contributed by atoms with Crippen LogP contribution in [0.25, 0.3) is 0 Å². The lowest BCUT2D eigenvalue weighted by Crippen LogP contribution is -2.32. The first kappa shape index (κ1) is 17.8. The van der Waals surface area contributed by atoms with Gasteiger partial charge in [-0.05, 0) is 37.6 Å². The summed E-state index contributed by atoms with van der Waals surface area (Å²) >= 11 is 0. The molecule has 0 fully saturated rings. The summed E-state index contributed by atoms with van der Waals surface area (Å²) in [5.74, 6) is -0.549. The Balaban J connectivity index is 2.88. The van der Waals surface area contributed by atoms with E-state index < -0.39 is 18.8 Å². The van der Waals surface area contributed by atoms with Gasteiger partial charge in [-0.25, -0.2) is 13.2 Å². The molecule has 1 aromatic carbocycles. The fourth-order valence-corrected chi connectivity index (χ4v) is 2.13. The van der Waals surface area contributed by atoms with Crippen LogP contribution in [-0.4, -0.2) is 37.8 Å². The van der Waals surface area contributed by atoms with Crippen LogP contribution in [0.5, 0.6) is 0 Å². The molecule has 0 spiro atoms.